The smallest absolute Gasteiger partial charge is 0.0285 e. The summed E-state index contributed by atoms with van der Waals surface area (Å²) in [6.07, 6.45) is 2.39. The van der Waals surface area contributed by atoms with Crippen LogP contribution in [0.4, 0.5) is 0 Å². The van der Waals surface area contributed by atoms with E-state index in [1.807, 2.05) is 13.8 Å². The summed E-state index contributed by atoms with van der Waals surface area (Å²) in [5.74, 6) is 0.724. The van der Waals surface area contributed by atoms with Gasteiger partial charge in [-0.1, -0.05) is 46.3 Å². The minimum Gasteiger partial charge on any atom is -0.294 e. The molecule has 1 atom stereocenters. The molecule has 1 heteroatoms. The van der Waals surface area contributed by atoms with Crippen LogP contribution >= 0.6 is 0 Å². The fourth-order valence-corrected chi connectivity index (χ4v) is 1.88. The Hall–Kier alpha value is -0.300. The third-order valence-corrected chi connectivity index (χ3v) is 2.66. The van der Waals surface area contributed by atoms with E-state index in [9.17, 15) is 0 Å². The van der Waals surface area contributed by atoms with E-state index in [2.05, 4.69) is 38.7 Å². The molecule has 0 aromatic heterocycles. The standard InChI is InChI=1S/C10H19N.C2H6/c1-5-11-7-6-10(8(2)3)9(11)4;1-2/h6,8-9H,5,7H2,1-4H3;1-2H3. The Morgan fingerprint density at radius 1 is 1.46 bits per heavy atom. The van der Waals surface area contributed by atoms with Crippen LogP contribution in [0, 0.1) is 5.92 Å². The van der Waals surface area contributed by atoms with Crippen molar-refractivity contribution >= 4 is 0 Å². The van der Waals surface area contributed by atoms with Crippen molar-refractivity contribution in [3.63, 3.8) is 0 Å². The second-order valence-electron chi connectivity index (χ2n) is 3.62. The van der Waals surface area contributed by atoms with Crippen molar-refractivity contribution in [3.05, 3.63) is 11.6 Å². The van der Waals surface area contributed by atoms with Gasteiger partial charge in [-0.15, -0.1) is 0 Å². The Kier molecular flexibility index (Phi) is 6.06. The average Bonchev–Trinajstić information content (AvgIpc) is 2.50. The first-order chi connectivity index (χ1) is 6.16. The highest BCUT2D eigenvalue weighted by molar-refractivity contribution is 5.18. The molecule has 0 fully saturated rings. The van der Waals surface area contributed by atoms with Crippen LogP contribution in [0.2, 0.25) is 0 Å². The maximum Gasteiger partial charge on any atom is 0.0285 e. The summed E-state index contributed by atoms with van der Waals surface area (Å²) in [6.45, 7) is 15.4. The molecule has 1 rings (SSSR count). The van der Waals surface area contributed by atoms with Crippen LogP contribution in [0.5, 0.6) is 0 Å². The van der Waals surface area contributed by atoms with Crippen LogP contribution in [0.25, 0.3) is 0 Å². The van der Waals surface area contributed by atoms with E-state index in [1.165, 1.54) is 6.54 Å². The van der Waals surface area contributed by atoms with Crippen LogP contribution in [0.1, 0.15) is 41.5 Å². The van der Waals surface area contributed by atoms with Gasteiger partial charge in [-0.3, -0.25) is 4.90 Å². The molecular weight excluding hydrogens is 158 g/mol. The van der Waals surface area contributed by atoms with Gasteiger partial charge in [0, 0.05) is 12.6 Å². The quantitative estimate of drug-likeness (QED) is 0.594. The van der Waals surface area contributed by atoms with Crippen molar-refractivity contribution in [2.45, 2.75) is 47.6 Å². The van der Waals surface area contributed by atoms with Gasteiger partial charge in [0.25, 0.3) is 0 Å². The van der Waals surface area contributed by atoms with E-state index in [1.54, 1.807) is 5.57 Å². The molecule has 0 aromatic rings. The van der Waals surface area contributed by atoms with Gasteiger partial charge in [-0.2, -0.15) is 0 Å². The number of hydrogen-bond donors (Lipinski definition) is 0. The normalized spacial score (nSPS) is 22.7. The molecule has 0 saturated heterocycles. The SMILES string of the molecule is CC.CCN1CC=C(C(C)C)C1C. The molecular formula is C12H25N. The van der Waals surface area contributed by atoms with Crippen LogP contribution in [0.15, 0.2) is 11.6 Å². The number of nitrogens with zero attached hydrogens (tertiary/aromatic N) is 1. The maximum atomic E-state index is 2.50. The summed E-state index contributed by atoms with van der Waals surface area (Å²) < 4.78 is 0. The lowest BCUT2D eigenvalue weighted by Crippen LogP contribution is -2.29. The van der Waals surface area contributed by atoms with Crippen LogP contribution < -0.4 is 0 Å². The highest BCUT2D eigenvalue weighted by Crippen LogP contribution is 2.23. The van der Waals surface area contributed by atoms with Crippen LogP contribution in [0.3, 0.4) is 0 Å². The number of hydrogen-bond acceptors (Lipinski definition) is 1. The molecule has 0 bridgehead atoms. The van der Waals surface area contributed by atoms with Gasteiger partial charge in [-0.05, 0) is 19.4 Å². The zero-order chi connectivity index (χ0) is 10.4. The molecule has 0 aromatic carbocycles. The fraction of sp³-hybridized carbons (Fsp3) is 0.833. The lowest BCUT2D eigenvalue weighted by Gasteiger charge is -2.23. The van der Waals surface area contributed by atoms with Crippen molar-refractivity contribution in [2.24, 2.45) is 5.92 Å². The molecule has 78 valence electrons. The molecule has 0 radical (unpaired) electrons. The summed E-state index contributed by atoms with van der Waals surface area (Å²) in [5.41, 5.74) is 1.62. The van der Waals surface area contributed by atoms with Gasteiger partial charge in [-0.25, -0.2) is 0 Å². The summed E-state index contributed by atoms with van der Waals surface area (Å²) in [6, 6.07) is 0.681. The second-order valence-corrected chi connectivity index (χ2v) is 3.62. The van der Waals surface area contributed by atoms with E-state index >= 15 is 0 Å². The van der Waals surface area contributed by atoms with Gasteiger partial charge in [0.05, 0.1) is 0 Å². The van der Waals surface area contributed by atoms with Crippen molar-refractivity contribution < 1.29 is 0 Å². The van der Waals surface area contributed by atoms with E-state index in [4.69, 9.17) is 0 Å². The largest absolute Gasteiger partial charge is 0.294 e. The molecule has 1 nitrogen and oxygen atoms in total. The minimum absolute atomic E-state index is 0.681. The van der Waals surface area contributed by atoms with E-state index in [0.29, 0.717) is 6.04 Å². The first-order valence-corrected chi connectivity index (χ1v) is 5.60. The molecule has 13 heavy (non-hydrogen) atoms. The third kappa shape index (κ3) is 3.15. The maximum absolute atomic E-state index is 2.50. The van der Waals surface area contributed by atoms with E-state index in [-0.39, 0.29) is 0 Å². The first kappa shape index (κ1) is 12.7. The van der Waals surface area contributed by atoms with Gasteiger partial charge >= 0.3 is 0 Å². The first-order valence-electron chi connectivity index (χ1n) is 5.60. The highest BCUT2D eigenvalue weighted by Gasteiger charge is 2.22. The molecule has 0 saturated carbocycles. The average molecular weight is 183 g/mol. The molecule has 0 spiro atoms. The van der Waals surface area contributed by atoms with Gasteiger partial charge in [0.1, 0.15) is 0 Å². The second kappa shape index (κ2) is 6.20. The minimum atomic E-state index is 0.681. The molecule has 0 N–H and O–H groups in total. The lowest BCUT2D eigenvalue weighted by atomic mass is 9.99. The molecule has 0 amide bonds. The predicted octanol–water partition coefficient (Wildman–Crippen LogP) is 3.32. The molecule has 1 heterocycles. The fourth-order valence-electron chi connectivity index (χ4n) is 1.88. The van der Waals surface area contributed by atoms with Crippen molar-refractivity contribution in [2.75, 3.05) is 13.1 Å². The monoisotopic (exact) mass is 183 g/mol. The predicted molar refractivity (Wildman–Crippen MR) is 61.0 cm³/mol. The summed E-state index contributed by atoms with van der Waals surface area (Å²) in [5, 5.41) is 0. The van der Waals surface area contributed by atoms with Crippen LogP contribution in [-0.2, 0) is 0 Å². The zero-order valence-electron chi connectivity index (χ0n) is 10.1. The Morgan fingerprint density at radius 3 is 2.23 bits per heavy atom. The van der Waals surface area contributed by atoms with E-state index in [0.717, 1.165) is 12.5 Å². The van der Waals surface area contributed by atoms with E-state index < -0.39 is 0 Å². The van der Waals surface area contributed by atoms with Gasteiger partial charge < -0.3 is 0 Å². The van der Waals surface area contributed by atoms with Crippen molar-refractivity contribution in [1.82, 2.24) is 4.90 Å². The molecule has 0 aliphatic carbocycles. The number of rotatable bonds is 2. The molecule has 1 unspecified atom stereocenters. The zero-order valence-corrected chi connectivity index (χ0v) is 10.1. The third-order valence-electron chi connectivity index (χ3n) is 2.66. The Labute approximate surface area is 83.8 Å². The van der Waals surface area contributed by atoms with Crippen molar-refractivity contribution in [1.29, 1.82) is 0 Å². The van der Waals surface area contributed by atoms with Gasteiger partial charge in [0.2, 0.25) is 0 Å². The Morgan fingerprint density at radius 2 is 2.00 bits per heavy atom. The topological polar surface area (TPSA) is 3.24 Å². The van der Waals surface area contributed by atoms with Crippen molar-refractivity contribution in [3.8, 4) is 0 Å². The van der Waals surface area contributed by atoms with Crippen LogP contribution in [-0.4, -0.2) is 24.0 Å². The lowest BCUT2D eigenvalue weighted by molar-refractivity contribution is 0.287. The number of likely N-dealkylation sites (N-methyl/N-ethyl adjacent to an activating group) is 1. The molecule has 1 aliphatic rings. The summed E-state index contributed by atoms with van der Waals surface area (Å²) in [4.78, 5) is 2.50. The Balaban J connectivity index is 0.000000671. The van der Waals surface area contributed by atoms with Gasteiger partial charge in [0.15, 0.2) is 0 Å². The molecule has 1 aliphatic heterocycles. The summed E-state index contributed by atoms with van der Waals surface area (Å²) >= 11 is 0. The summed E-state index contributed by atoms with van der Waals surface area (Å²) in [7, 11) is 0. The highest BCUT2D eigenvalue weighted by atomic mass is 15.2. The Bertz CT molecular complexity index is 159.